The molecule has 10 heteroatoms. The minimum atomic E-state index is -1.07. The molecule has 0 fully saturated rings. The van der Waals surface area contributed by atoms with E-state index in [1.54, 1.807) is 24.3 Å². The number of ether oxygens (including phenoxy) is 2. The van der Waals surface area contributed by atoms with E-state index in [1.165, 1.54) is 7.11 Å². The van der Waals surface area contributed by atoms with Crippen molar-refractivity contribution >= 4 is 23.7 Å². The summed E-state index contributed by atoms with van der Waals surface area (Å²) in [5.41, 5.74) is 2.05. The minimum Gasteiger partial charge on any atom is -0.467 e. The molecule has 1 heterocycles. The number of hydrogen-bond acceptors (Lipinski definition) is 8. The van der Waals surface area contributed by atoms with E-state index in [1.807, 2.05) is 13.0 Å². The maximum absolute atomic E-state index is 12.3. The zero-order chi connectivity index (χ0) is 22.6. The average Bonchev–Trinajstić information content (AvgIpc) is 3.24. The Labute approximate surface area is 180 Å². The van der Waals surface area contributed by atoms with Crippen molar-refractivity contribution in [3.8, 4) is 6.07 Å². The maximum Gasteiger partial charge on any atom is 0.407 e. The molecule has 1 unspecified atom stereocenters. The molecule has 1 aliphatic heterocycles. The Kier molecular flexibility index (Phi) is 9.29. The number of carbonyl (C=O) groups excluding carboxylic acids is 3. The van der Waals surface area contributed by atoms with Gasteiger partial charge in [-0.3, -0.25) is 4.79 Å². The lowest BCUT2D eigenvalue weighted by Gasteiger charge is -2.17. The fourth-order valence-electron chi connectivity index (χ4n) is 2.77. The van der Waals surface area contributed by atoms with Crippen LogP contribution < -0.4 is 10.6 Å². The van der Waals surface area contributed by atoms with Crippen molar-refractivity contribution in [1.29, 1.82) is 5.26 Å². The van der Waals surface area contributed by atoms with E-state index >= 15 is 0 Å². The number of hydrogen-bond donors (Lipinski definition) is 2. The number of alkyl carbamates (subject to hydrolysis) is 1. The Morgan fingerprint density at radius 1 is 1.32 bits per heavy atom. The lowest BCUT2D eigenvalue weighted by Crippen LogP contribution is -2.49. The molecule has 0 saturated carbocycles. The van der Waals surface area contributed by atoms with Gasteiger partial charge >= 0.3 is 12.1 Å². The summed E-state index contributed by atoms with van der Waals surface area (Å²) in [5.74, 6) is -1.06. The van der Waals surface area contributed by atoms with E-state index < -0.39 is 24.2 Å². The number of esters is 1. The summed E-state index contributed by atoms with van der Waals surface area (Å²) in [6.45, 7) is 2.05. The van der Waals surface area contributed by atoms with Crippen LogP contribution in [-0.2, 0) is 23.9 Å². The van der Waals surface area contributed by atoms with Crippen LogP contribution >= 0.6 is 0 Å². The van der Waals surface area contributed by atoms with Crippen molar-refractivity contribution in [3.63, 3.8) is 0 Å². The van der Waals surface area contributed by atoms with E-state index in [2.05, 4.69) is 20.5 Å². The standard InChI is InChI=1S/C21H26N4O6/c1-3-4-9-30-21(28)24-18(20(27)29-2)13-23-19(26)11-16-10-17(25-31-16)15-7-5-14(12-22)6-8-15/h5-8,16,18H,3-4,9-11,13H2,1-2H3,(H,23,26)(H,24,28)/t16-,18?/m1/s1. The zero-order valence-electron chi connectivity index (χ0n) is 17.6. The van der Waals surface area contributed by atoms with Crippen LogP contribution in [0.1, 0.15) is 43.7 Å². The van der Waals surface area contributed by atoms with Gasteiger partial charge in [0, 0.05) is 13.0 Å². The number of oxime groups is 1. The second-order valence-corrected chi connectivity index (χ2v) is 6.88. The molecule has 2 rings (SSSR count). The van der Waals surface area contributed by atoms with E-state index in [9.17, 15) is 14.4 Å². The number of unbranched alkanes of at least 4 members (excludes halogenated alkanes) is 1. The number of methoxy groups -OCH3 is 1. The largest absolute Gasteiger partial charge is 0.467 e. The summed E-state index contributed by atoms with van der Waals surface area (Å²) in [6, 6.07) is 7.89. The number of rotatable bonds is 10. The van der Waals surface area contributed by atoms with Crippen LogP contribution in [0.5, 0.6) is 0 Å². The van der Waals surface area contributed by atoms with Gasteiger partial charge in [0.25, 0.3) is 0 Å². The second kappa shape index (κ2) is 12.2. The number of amides is 2. The molecular weight excluding hydrogens is 404 g/mol. The van der Waals surface area contributed by atoms with E-state index in [0.29, 0.717) is 24.1 Å². The summed E-state index contributed by atoms with van der Waals surface area (Å²) >= 11 is 0. The van der Waals surface area contributed by atoms with Crippen molar-refractivity contribution in [2.45, 2.75) is 44.8 Å². The predicted molar refractivity (Wildman–Crippen MR) is 110 cm³/mol. The highest BCUT2D eigenvalue weighted by Crippen LogP contribution is 2.19. The molecule has 0 aromatic heterocycles. The predicted octanol–water partition coefficient (Wildman–Crippen LogP) is 1.63. The zero-order valence-corrected chi connectivity index (χ0v) is 17.6. The molecular formula is C21H26N4O6. The Hall–Kier alpha value is -3.61. The summed E-state index contributed by atoms with van der Waals surface area (Å²) in [7, 11) is 1.19. The maximum atomic E-state index is 12.3. The van der Waals surface area contributed by atoms with Crippen LogP contribution in [0, 0.1) is 11.3 Å². The van der Waals surface area contributed by atoms with Crippen LogP contribution in [0.2, 0.25) is 0 Å². The molecule has 2 atom stereocenters. The average molecular weight is 430 g/mol. The highest BCUT2D eigenvalue weighted by atomic mass is 16.6. The summed E-state index contributed by atoms with van der Waals surface area (Å²) in [6.07, 6.45) is 0.830. The Bertz CT molecular complexity index is 846. The van der Waals surface area contributed by atoms with Crippen LogP contribution in [0.4, 0.5) is 4.79 Å². The quantitative estimate of drug-likeness (QED) is 0.425. The van der Waals surface area contributed by atoms with Crippen LogP contribution in [-0.4, -0.2) is 56.1 Å². The van der Waals surface area contributed by atoms with Gasteiger partial charge in [-0.2, -0.15) is 5.26 Å². The van der Waals surface area contributed by atoms with E-state index in [4.69, 9.17) is 14.8 Å². The van der Waals surface area contributed by atoms with E-state index in [0.717, 1.165) is 12.0 Å². The fraction of sp³-hybridized carbons (Fsp3) is 0.476. The molecule has 0 radical (unpaired) electrons. The third-order valence-corrected chi connectivity index (χ3v) is 4.51. The summed E-state index contributed by atoms with van der Waals surface area (Å²) in [4.78, 5) is 41.2. The number of carbonyl (C=O) groups is 3. The lowest BCUT2D eigenvalue weighted by molar-refractivity contribution is -0.143. The minimum absolute atomic E-state index is 0.0259. The molecule has 1 aliphatic rings. The molecule has 1 aromatic carbocycles. The Morgan fingerprint density at radius 2 is 2.06 bits per heavy atom. The van der Waals surface area contributed by atoms with Crippen molar-refractivity contribution in [1.82, 2.24) is 10.6 Å². The van der Waals surface area contributed by atoms with Crippen molar-refractivity contribution in [2.75, 3.05) is 20.3 Å². The van der Waals surface area contributed by atoms with Gasteiger partial charge in [0.15, 0.2) is 0 Å². The molecule has 2 N–H and O–H groups in total. The fourth-order valence-corrected chi connectivity index (χ4v) is 2.77. The monoisotopic (exact) mass is 430 g/mol. The highest BCUT2D eigenvalue weighted by molar-refractivity contribution is 6.01. The Morgan fingerprint density at radius 3 is 2.71 bits per heavy atom. The summed E-state index contributed by atoms with van der Waals surface area (Å²) < 4.78 is 9.63. The molecule has 0 saturated heterocycles. The lowest BCUT2D eigenvalue weighted by atomic mass is 10.0. The van der Waals surface area contributed by atoms with Crippen molar-refractivity contribution < 1.29 is 28.7 Å². The Balaban J connectivity index is 1.79. The first-order valence-corrected chi connectivity index (χ1v) is 9.97. The van der Waals surface area contributed by atoms with Crippen molar-refractivity contribution in [3.05, 3.63) is 35.4 Å². The van der Waals surface area contributed by atoms with Gasteiger partial charge in [-0.05, 0) is 24.1 Å². The molecule has 166 valence electrons. The number of nitrogens with one attached hydrogen (secondary N) is 2. The topological polar surface area (TPSA) is 139 Å². The van der Waals surface area contributed by atoms with Crippen molar-refractivity contribution in [2.24, 2.45) is 5.16 Å². The van der Waals surface area contributed by atoms with Gasteiger partial charge in [-0.1, -0.05) is 30.6 Å². The molecule has 0 aliphatic carbocycles. The van der Waals surface area contributed by atoms with Crippen LogP contribution in [0.3, 0.4) is 0 Å². The van der Waals surface area contributed by atoms with E-state index in [-0.39, 0.29) is 25.5 Å². The SMILES string of the molecule is CCCCOC(=O)NC(CNC(=O)C[C@H]1CC(c2ccc(C#N)cc2)=NO1)C(=O)OC. The van der Waals surface area contributed by atoms with Crippen LogP contribution in [0.25, 0.3) is 0 Å². The molecule has 10 nitrogen and oxygen atoms in total. The highest BCUT2D eigenvalue weighted by Gasteiger charge is 2.27. The molecule has 31 heavy (non-hydrogen) atoms. The molecule has 0 bridgehead atoms. The smallest absolute Gasteiger partial charge is 0.407 e. The van der Waals surface area contributed by atoms with Gasteiger partial charge in [-0.25, -0.2) is 9.59 Å². The third-order valence-electron chi connectivity index (χ3n) is 4.51. The second-order valence-electron chi connectivity index (χ2n) is 6.88. The number of nitrogens with zero attached hydrogens (tertiary/aromatic N) is 2. The third kappa shape index (κ3) is 7.62. The van der Waals surface area contributed by atoms with Gasteiger partial charge in [-0.15, -0.1) is 0 Å². The van der Waals surface area contributed by atoms with Gasteiger partial charge < -0.3 is 24.9 Å². The first-order chi connectivity index (χ1) is 15.0. The van der Waals surface area contributed by atoms with Crippen LogP contribution in [0.15, 0.2) is 29.4 Å². The van der Waals surface area contributed by atoms with Gasteiger partial charge in [0.2, 0.25) is 5.91 Å². The summed E-state index contributed by atoms with van der Waals surface area (Å²) in [5, 5.41) is 17.9. The first-order valence-electron chi connectivity index (χ1n) is 9.97. The molecule has 0 spiro atoms. The number of nitriles is 1. The van der Waals surface area contributed by atoms with Gasteiger partial charge in [0.05, 0.1) is 37.5 Å². The normalized spacial score (nSPS) is 15.6. The molecule has 2 amide bonds. The number of benzene rings is 1. The van der Waals surface area contributed by atoms with Gasteiger partial charge in [0.1, 0.15) is 12.1 Å². The molecule has 1 aromatic rings. The first kappa shape index (κ1) is 23.7.